The molecule has 2 aliphatic heterocycles. The van der Waals surface area contributed by atoms with Crippen LogP contribution in [0.4, 0.5) is 4.79 Å². The van der Waals surface area contributed by atoms with E-state index in [4.69, 9.17) is 14.2 Å². The number of rotatable bonds is 6. The van der Waals surface area contributed by atoms with Crippen molar-refractivity contribution in [3.8, 4) is 5.75 Å². The van der Waals surface area contributed by atoms with Crippen LogP contribution >= 0.6 is 0 Å². The van der Waals surface area contributed by atoms with Gasteiger partial charge in [0, 0.05) is 6.42 Å². The molecule has 4 rings (SSSR count). The quantitative estimate of drug-likeness (QED) is 0.706. The molecule has 2 heterocycles. The number of ether oxygens (including phenoxy) is 3. The van der Waals surface area contributed by atoms with Crippen molar-refractivity contribution in [3.63, 3.8) is 0 Å². The van der Waals surface area contributed by atoms with Gasteiger partial charge in [-0.1, -0.05) is 60.2 Å². The molecule has 2 unspecified atom stereocenters. The molecule has 2 bridgehead atoms. The van der Waals surface area contributed by atoms with Crippen LogP contribution in [0.2, 0.25) is 0 Å². The van der Waals surface area contributed by atoms with Gasteiger partial charge < -0.3 is 14.2 Å². The molecule has 0 spiro atoms. The van der Waals surface area contributed by atoms with Crippen molar-refractivity contribution >= 4 is 6.09 Å². The van der Waals surface area contributed by atoms with E-state index in [2.05, 4.69) is 6.08 Å². The lowest BCUT2D eigenvalue weighted by Gasteiger charge is -2.43. The highest BCUT2D eigenvalue weighted by molar-refractivity contribution is 5.69. The Labute approximate surface area is 165 Å². The van der Waals surface area contributed by atoms with Crippen molar-refractivity contribution in [2.24, 2.45) is 0 Å². The molecule has 0 saturated carbocycles. The first-order chi connectivity index (χ1) is 13.8. The number of carbonyl (C=O) groups is 1. The third-order valence-corrected chi connectivity index (χ3v) is 5.13. The number of amides is 1. The normalized spacial score (nSPS) is 21.0. The van der Waals surface area contributed by atoms with E-state index >= 15 is 0 Å². The van der Waals surface area contributed by atoms with E-state index in [0.29, 0.717) is 19.8 Å². The summed E-state index contributed by atoms with van der Waals surface area (Å²) < 4.78 is 17.0. The van der Waals surface area contributed by atoms with E-state index in [1.807, 2.05) is 65.6 Å². The highest BCUT2D eigenvalue weighted by Gasteiger charge is 2.38. The van der Waals surface area contributed by atoms with Gasteiger partial charge in [0.2, 0.25) is 0 Å². The Morgan fingerprint density at radius 3 is 2.54 bits per heavy atom. The number of para-hydroxylation sites is 1. The Morgan fingerprint density at radius 2 is 1.79 bits per heavy atom. The third kappa shape index (κ3) is 4.54. The minimum Gasteiger partial charge on any atom is -0.493 e. The van der Waals surface area contributed by atoms with Crippen LogP contribution in [0.1, 0.15) is 18.4 Å². The fourth-order valence-electron chi connectivity index (χ4n) is 3.77. The van der Waals surface area contributed by atoms with Gasteiger partial charge in [-0.3, -0.25) is 4.90 Å². The average molecular weight is 379 g/mol. The second kappa shape index (κ2) is 8.93. The highest BCUT2D eigenvalue weighted by Crippen LogP contribution is 2.29. The molecule has 2 aromatic rings. The van der Waals surface area contributed by atoms with Crippen LogP contribution in [0.3, 0.4) is 0 Å². The minimum atomic E-state index is -0.266. The highest BCUT2D eigenvalue weighted by atomic mass is 16.6. The molecule has 28 heavy (non-hydrogen) atoms. The van der Waals surface area contributed by atoms with E-state index in [0.717, 1.165) is 24.2 Å². The van der Waals surface area contributed by atoms with Crippen molar-refractivity contribution in [1.29, 1.82) is 0 Å². The van der Waals surface area contributed by atoms with Gasteiger partial charge in [0.05, 0.1) is 31.9 Å². The van der Waals surface area contributed by atoms with Crippen molar-refractivity contribution in [1.82, 2.24) is 4.90 Å². The van der Waals surface area contributed by atoms with Crippen molar-refractivity contribution in [2.45, 2.75) is 31.5 Å². The Bertz CT molecular complexity index is 806. The lowest BCUT2D eigenvalue weighted by molar-refractivity contribution is -0.0376. The van der Waals surface area contributed by atoms with E-state index in [1.54, 1.807) is 0 Å². The Balaban J connectivity index is 1.33. The molecule has 1 fully saturated rings. The molecule has 1 saturated heterocycles. The molecule has 2 atom stereocenters. The smallest absolute Gasteiger partial charge is 0.411 e. The first-order valence-electron chi connectivity index (χ1n) is 9.74. The summed E-state index contributed by atoms with van der Waals surface area (Å²) >= 11 is 0. The summed E-state index contributed by atoms with van der Waals surface area (Å²) in [5.74, 6) is 0.883. The molecule has 0 radical (unpaired) electrons. The minimum absolute atomic E-state index is 0.0266. The molecule has 5 heteroatoms. The van der Waals surface area contributed by atoms with Crippen molar-refractivity contribution in [2.75, 3.05) is 19.8 Å². The van der Waals surface area contributed by atoms with Gasteiger partial charge in [-0.05, 0) is 24.1 Å². The molecule has 0 N–H and O–H groups in total. The Morgan fingerprint density at radius 1 is 1.04 bits per heavy atom. The van der Waals surface area contributed by atoms with Crippen molar-refractivity contribution in [3.05, 3.63) is 77.9 Å². The number of benzene rings is 2. The van der Waals surface area contributed by atoms with Crippen LogP contribution in [0, 0.1) is 0 Å². The third-order valence-electron chi connectivity index (χ3n) is 5.13. The first kappa shape index (κ1) is 18.6. The fraction of sp³-hybridized carbons (Fsp3) is 0.348. The van der Waals surface area contributed by atoms with Crippen LogP contribution < -0.4 is 4.74 Å². The fourth-order valence-corrected chi connectivity index (χ4v) is 3.77. The Hall–Kier alpha value is -2.79. The van der Waals surface area contributed by atoms with Gasteiger partial charge in [-0.2, -0.15) is 0 Å². The van der Waals surface area contributed by atoms with Crippen LogP contribution in [0.15, 0.2) is 72.3 Å². The SMILES string of the molecule is O=C(OCc1ccccc1)N1C2C=C(CCOc3ccccc3)CC1COC2. The molecule has 0 aromatic heterocycles. The van der Waals surface area contributed by atoms with Crippen LogP contribution in [-0.2, 0) is 16.1 Å². The van der Waals surface area contributed by atoms with Gasteiger partial charge in [0.25, 0.3) is 0 Å². The van der Waals surface area contributed by atoms with Crippen LogP contribution in [0.25, 0.3) is 0 Å². The standard InChI is InChI=1S/C23H25NO4/c25-23(28-15-18-7-3-1-4-8-18)24-20-13-19(14-21(24)17-26-16-20)11-12-27-22-9-5-2-6-10-22/h1-10,13,20-21H,11-12,14-17H2. The van der Waals surface area contributed by atoms with Gasteiger partial charge in [-0.25, -0.2) is 4.79 Å². The number of morpholine rings is 1. The summed E-state index contributed by atoms with van der Waals surface area (Å²) in [6.07, 6.45) is 3.54. The zero-order valence-corrected chi connectivity index (χ0v) is 15.8. The van der Waals surface area contributed by atoms with E-state index in [9.17, 15) is 4.79 Å². The van der Waals surface area contributed by atoms with Crippen molar-refractivity contribution < 1.29 is 19.0 Å². The summed E-state index contributed by atoms with van der Waals surface area (Å²) in [5, 5.41) is 0. The zero-order chi connectivity index (χ0) is 19.2. The second-order valence-corrected chi connectivity index (χ2v) is 7.15. The maximum Gasteiger partial charge on any atom is 0.411 e. The predicted octanol–water partition coefficient (Wildman–Crippen LogP) is 4.19. The van der Waals surface area contributed by atoms with E-state index in [-0.39, 0.29) is 24.8 Å². The summed E-state index contributed by atoms with van der Waals surface area (Å²) in [5.41, 5.74) is 2.31. The molecule has 146 valence electrons. The molecule has 5 nitrogen and oxygen atoms in total. The Kier molecular flexibility index (Phi) is 5.92. The molecule has 0 aliphatic carbocycles. The number of fused-ring (bicyclic) bond motifs is 2. The first-order valence-corrected chi connectivity index (χ1v) is 9.74. The summed E-state index contributed by atoms with van der Waals surface area (Å²) in [6.45, 7) is 1.99. The maximum absolute atomic E-state index is 12.7. The number of hydrogen-bond donors (Lipinski definition) is 0. The average Bonchev–Trinajstić information content (AvgIpc) is 2.73. The number of carbonyl (C=O) groups excluding carboxylic acids is 1. The molecule has 1 amide bonds. The topological polar surface area (TPSA) is 48.0 Å². The molecule has 2 aliphatic rings. The van der Waals surface area contributed by atoms with E-state index < -0.39 is 0 Å². The van der Waals surface area contributed by atoms with Crippen LogP contribution in [-0.4, -0.2) is 42.9 Å². The second-order valence-electron chi connectivity index (χ2n) is 7.15. The lowest BCUT2D eigenvalue weighted by Crippen LogP contribution is -2.56. The zero-order valence-electron chi connectivity index (χ0n) is 15.8. The van der Waals surface area contributed by atoms with E-state index in [1.165, 1.54) is 5.57 Å². The number of hydrogen-bond acceptors (Lipinski definition) is 4. The van der Waals surface area contributed by atoms with Gasteiger partial charge in [0.1, 0.15) is 12.4 Å². The van der Waals surface area contributed by atoms with Gasteiger partial charge in [0.15, 0.2) is 0 Å². The van der Waals surface area contributed by atoms with Gasteiger partial charge >= 0.3 is 6.09 Å². The molecule has 2 aromatic carbocycles. The number of nitrogens with zero attached hydrogens (tertiary/aromatic N) is 1. The maximum atomic E-state index is 12.7. The molecular weight excluding hydrogens is 354 g/mol. The largest absolute Gasteiger partial charge is 0.493 e. The lowest BCUT2D eigenvalue weighted by atomic mass is 9.93. The molecular formula is C23H25NO4. The summed E-state index contributed by atoms with van der Waals surface area (Å²) in [6, 6.07) is 19.5. The monoisotopic (exact) mass is 379 g/mol. The van der Waals surface area contributed by atoms with Crippen LogP contribution in [0.5, 0.6) is 5.75 Å². The summed E-state index contributed by atoms with van der Waals surface area (Å²) in [7, 11) is 0. The summed E-state index contributed by atoms with van der Waals surface area (Å²) in [4.78, 5) is 14.5. The van der Waals surface area contributed by atoms with Gasteiger partial charge in [-0.15, -0.1) is 0 Å². The predicted molar refractivity (Wildman–Crippen MR) is 106 cm³/mol.